The number of para-hydroxylation sites is 1. The summed E-state index contributed by atoms with van der Waals surface area (Å²) in [6.07, 6.45) is 0. The Hall–Kier alpha value is -2.82. The van der Waals surface area contributed by atoms with Crippen molar-refractivity contribution in [1.29, 1.82) is 0 Å². The zero-order valence-electron chi connectivity index (χ0n) is 14.7. The molecule has 0 aliphatic rings. The molecule has 6 nitrogen and oxygen atoms in total. The van der Waals surface area contributed by atoms with Crippen LogP contribution in [0.2, 0.25) is 0 Å². The van der Waals surface area contributed by atoms with E-state index in [1.165, 1.54) is 0 Å². The molecule has 0 radical (unpaired) electrons. The van der Waals surface area contributed by atoms with Gasteiger partial charge >= 0.3 is 11.9 Å². The molecule has 28 heavy (non-hydrogen) atoms. The van der Waals surface area contributed by atoms with Crippen LogP contribution in [0.15, 0.2) is 42.5 Å². The van der Waals surface area contributed by atoms with E-state index in [1.54, 1.807) is 52.9 Å². The van der Waals surface area contributed by atoms with Gasteiger partial charge in [-0.3, -0.25) is 0 Å². The molecular formula is C19H13F2IN2O4. The Labute approximate surface area is 172 Å². The number of carbonyl (C=O) groups is 2. The van der Waals surface area contributed by atoms with E-state index in [2.05, 4.69) is 5.10 Å². The number of benzene rings is 2. The smallest absolute Gasteiger partial charge is 0.357 e. The molecule has 0 unspecified atom stereocenters. The summed E-state index contributed by atoms with van der Waals surface area (Å²) in [4.78, 5) is 24.9. The van der Waals surface area contributed by atoms with Crippen LogP contribution in [0, 0.1) is 15.2 Å². The van der Waals surface area contributed by atoms with E-state index in [9.17, 15) is 18.4 Å². The van der Waals surface area contributed by atoms with Crippen LogP contribution in [0.4, 0.5) is 8.78 Å². The van der Waals surface area contributed by atoms with Gasteiger partial charge in [-0.1, -0.05) is 18.2 Å². The minimum absolute atomic E-state index is 0.298. The van der Waals surface area contributed by atoms with Gasteiger partial charge in [0.25, 0.3) is 0 Å². The van der Waals surface area contributed by atoms with E-state index in [1.807, 2.05) is 0 Å². The van der Waals surface area contributed by atoms with Crippen molar-refractivity contribution >= 4 is 34.5 Å². The standard InChI is InChI=1S/C19H13F2IN2O4/c1-27-18(25)15-16(14-12(20)8-10(22)9-13(14)21)23-24(17(15)19(26)28-2)11-6-4-3-5-7-11/h3-9H,1-2H3. The highest BCUT2D eigenvalue weighted by Gasteiger charge is 2.33. The average Bonchev–Trinajstić information content (AvgIpc) is 3.06. The Kier molecular flexibility index (Phi) is 5.73. The zero-order chi connectivity index (χ0) is 20.4. The summed E-state index contributed by atoms with van der Waals surface area (Å²) in [5.74, 6) is -3.74. The number of nitrogens with zero attached hydrogens (tertiary/aromatic N) is 2. The molecule has 0 aliphatic heterocycles. The van der Waals surface area contributed by atoms with Crippen LogP contribution in [0.1, 0.15) is 20.8 Å². The van der Waals surface area contributed by atoms with E-state index >= 15 is 0 Å². The summed E-state index contributed by atoms with van der Waals surface area (Å²) in [5, 5.41) is 4.17. The minimum Gasteiger partial charge on any atom is -0.465 e. The Morgan fingerprint density at radius 3 is 2.11 bits per heavy atom. The molecule has 0 spiro atoms. The lowest BCUT2D eigenvalue weighted by atomic mass is 10.0. The van der Waals surface area contributed by atoms with Crippen LogP contribution in [0.25, 0.3) is 16.9 Å². The number of aromatic nitrogens is 2. The van der Waals surface area contributed by atoms with Crippen LogP contribution in [0.5, 0.6) is 0 Å². The zero-order valence-corrected chi connectivity index (χ0v) is 16.9. The van der Waals surface area contributed by atoms with Gasteiger partial charge in [-0.15, -0.1) is 0 Å². The number of halogens is 3. The van der Waals surface area contributed by atoms with Gasteiger partial charge in [0.1, 0.15) is 22.9 Å². The number of carbonyl (C=O) groups excluding carboxylic acids is 2. The number of rotatable bonds is 4. The molecule has 0 saturated carbocycles. The lowest BCUT2D eigenvalue weighted by Crippen LogP contribution is -2.15. The van der Waals surface area contributed by atoms with Crippen molar-refractivity contribution in [3.63, 3.8) is 0 Å². The molecule has 0 N–H and O–H groups in total. The molecule has 9 heteroatoms. The number of esters is 2. The number of methoxy groups -OCH3 is 2. The van der Waals surface area contributed by atoms with Crippen molar-refractivity contribution in [3.05, 3.63) is 68.9 Å². The molecule has 1 heterocycles. The largest absolute Gasteiger partial charge is 0.465 e. The van der Waals surface area contributed by atoms with Gasteiger partial charge < -0.3 is 9.47 Å². The summed E-state index contributed by atoms with van der Waals surface area (Å²) in [6, 6.07) is 10.5. The summed E-state index contributed by atoms with van der Waals surface area (Å²) in [7, 11) is 2.21. The predicted molar refractivity (Wildman–Crippen MR) is 104 cm³/mol. The number of ether oxygens (including phenoxy) is 2. The molecule has 0 amide bonds. The Balaban J connectivity index is 2.43. The topological polar surface area (TPSA) is 70.4 Å². The van der Waals surface area contributed by atoms with E-state index < -0.39 is 34.7 Å². The molecule has 0 saturated heterocycles. The Morgan fingerprint density at radius 2 is 1.57 bits per heavy atom. The molecule has 3 rings (SSSR count). The molecular weight excluding hydrogens is 485 g/mol. The highest BCUT2D eigenvalue weighted by molar-refractivity contribution is 14.1. The minimum atomic E-state index is -0.977. The lowest BCUT2D eigenvalue weighted by molar-refractivity contribution is 0.0549. The molecule has 0 atom stereocenters. The highest BCUT2D eigenvalue weighted by Crippen LogP contribution is 2.33. The first-order valence-corrected chi connectivity index (χ1v) is 8.96. The van der Waals surface area contributed by atoms with Gasteiger partial charge in [0.15, 0.2) is 5.69 Å². The van der Waals surface area contributed by atoms with Crippen LogP contribution in [-0.2, 0) is 9.47 Å². The number of hydrogen-bond acceptors (Lipinski definition) is 5. The van der Waals surface area contributed by atoms with Crippen LogP contribution in [-0.4, -0.2) is 35.9 Å². The maximum absolute atomic E-state index is 14.6. The SMILES string of the molecule is COC(=O)c1c(-c2c(F)cc(I)cc2F)nn(-c2ccccc2)c1C(=O)OC. The van der Waals surface area contributed by atoms with Crippen molar-refractivity contribution in [2.24, 2.45) is 0 Å². The maximum atomic E-state index is 14.6. The summed E-state index contributed by atoms with van der Waals surface area (Å²) < 4.78 is 40.2. The molecule has 1 aromatic heterocycles. The average molecular weight is 498 g/mol. The second-order valence-corrected chi connectivity index (χ2v) is 6.79. The summed E-state index contributed by atoms with van der Waals surface area (Å²) >= 11 is 1.76. The van der Waals surface area contributed by atoms with E-state index in [4.69, 9.17) is 9.47 Å². The van der Waals surface area contributed by atoms with Crippen molar-refractivity contribution in [2.75, 3.05) is 14.2 Å². The first-order valence-electron chi connectivity index (χ1n) is 7.89. The van der Waals surface area contributed by atoms with Gasteiger partial charge in [-0.2, -0.15) is 5.10 Å². The fourth-order valence-corrected chi connectivity index (χ4v) is 3.24. The Bertz CT molecular complexity index is 1040. The van der Waals surface area contributed by atoms with Crippen molar-refractivity contribution in [1.82, 2.24) is 9.78 Å². The molecule has 0 aliphatic carbocycles. The second kappa shape index (κ2) is 8.05. The third-order valence-electron chi connectivity index (χ3n) is 3.90. The maximum Gasteiger partial charge on any atom is 0.357 e. The third-order valence-corrected chi connectivity index (χ3v) is 4.52. The first kappa shape index (κ1) is 19.9. The first-order chi connectivity index (χ1) is 13.4. The number of hydrogen-bond donors (Lipinski definition) is 0. The molecule has 0 bridgehead atoms. The Morgan fingerprint density at radius 1 is 1.00 bits per heavy atom. The quantitative estimate of drug-likeness (QED) is 0.402. The van der Waals surface area contributed by atoms with Crippen LogP contribution in [0.3, 0.4) is 0 Å². The van der Waals surface area contributed by atoms with Gasteiger partial charge in [-0.05, 0) is 46.9 Å². The van der Waals surface area contributed by atoms with Crippen LogP contribution >= 0.6 is 22.6 Å². The predicted octanol–water partition coefficient (Wildman–Crippen LogP) is 4.00. The van der Waals surface area contributed by atoms with E-state index in [0.29, 0.717) is 9.26 Å². The summed E-state index contributed by atoms with van der Waals surface area (Å²) in [6.45, 7) is 0. The van der Waals surface area contributed by atoms with Crippen molar-refractivity contribution < 1.29 is 27.8 Å². The normalized spacial score (nSPS) is 10.6. The summed E-state index contributed by atoms with van der Waals surface area (Å²) in [5.41, 5.74) is -1.20. The molecule has 144 valence electrons. The van der Waals surface area contributed by atoms with Crippen molar-refractivity contribution in [3.8, 4) is 16.9 Å². The van der Waals surface area contributed by atoms with Gasteiger partial charge in [0, 0.05) is 3.57 Å². The molecule has 3 aromatic rings. The fraction of sp³-hybridized carbons (Fsp3) is 0.105. The lowest BCUT2D eigenvalue weighted by Gasteiger charge is -2.07. The monoisotopic (exact) mass is 498 g/mol. The van der Waals surface area contributed by atoms with E-state index in [0.717, 1.165) is 31.0 Å². The molecule has 0 fully saturated rings. The highest BCUT2D eigenvalue weighted by atomic mass is 127. The second-order valence-electron chi connectivity index (χ2n) is 5.55. The van der Waals surface area contributed by atoms with Crippen molar-refractivity contribution in [2.45, 2.75) is 0 Å². The van der Waals surface area contributed by atoms with Crippen LogP contribution < -0.4 is 0 Å². The van der Waals surface area contributed by atoms with Gasteiger partial charge in [0.2, 0.25) is 0 Å². The van der Waals surface area contributed by atoms with Gasteiger partial charge in [-0.25, -0.2) is 23.1 Å². The molecule has 2 aromatic carbocycles. The van der Waals surface area contributed by atoms with Gasteiger partial charge in [0.05, 0.1) is 25.5 Å². The van der Waals surface area contributed by atoms with E-state index in [-0.39, 0.29) is 11.4 Å². The fourth-order valence-electron chi connectivity index (χ4n) is 2.70. The third kappa shape index (κ3) is 3.49.